The zero-order valence-corrected chi connectivity index (χ0v) is 11.4. The van der Waals surface area contributed by atoms with Crippen molar-refractivity contribution in [2.45, 2.75) is 38.9 Å². The molecule has 2 heterocycles. The number of likely N-dealkylation sites (tertiary alicyclic amines) is 1. The first kappa shape index (κ1) is 14.9. The molecule has 0 radical (unpaired) electrons. The first-order valence-electron chi connectivity index (χ1n) is 6.73. The number of aromatic nitrogens is 2. The average molecular weight is 289 g/mol. The van der Waals surface area contributed by atoms with Crippen molar-refractivity contribution in [3.63, 3.8) is 0 Å². The minimum atomic E-state index is -4.26. The average Bonchev–Trinajstić information content (AvgIpc) is 2.76. The van der Waals surface area contributed by atoms with Crippen molar-refractivity contribution in [1.82, 2.24) is 14.5 Å². The van der Waals surface area contributed by atoms with Gasteiger partial charge in [-0.15, -0.1) is 0 Å². The van der Waals surface area contributed by atoms with Gasteiger partial charge in [-0.2, -0.15) is 13.2 Å². The van der Waals surface area contributed by atoms with E-state index in [4.69, 9.17) is 0 Å². The molecule has 1 aliphatic heterocycles. The third-order valence-corrected chi connectivity index (χ3v) is 3.51. The molecule has 0 N–H and O–H groups in total. The lowest BCUT2D eigenvalue weighted by Gasteiger charge is -2.39. The third kappa shape index (κ3) is 3.74. The van der Waals surface area contributed by atoms with Crippen molar-refractivity contribution < 1.29 is 18.0 Å². The van der Waals surface area contributed by atoms with Crippen molar-refractivity contribution in [1.29, 1.82) is 0 Å². The fraction of sp³-hybridized carbons (Fsp3) is 0.692. The molecule has 4 nitrogen and oxygen atoms in total. The summed E-state index contributed by atoms with van der Waals surface area (Å²) in [7, 11) is 0. The minimum Gasteiger partial charge on any atom is -0.342 e. The highest BCUT2D eigenvalue weighted by Crippen LogP contribution is 2.24. The van der Waals surface area contributed by atoms with E-state index in [0.717, 1.165) is 18.8 Å². The zero-order chi connectivity index (χ0) is 14.8. The summed E-state index contributed by atoms with van der Waals surface area (Å²) >= 11 is 0. The largest absolute Gasteiger partial charge is 0.389 e. The number of carbonyl (C=O) groups is 1. The van der Waals surface area contributed by atoms with Crippen LogP contribution >= 0.6 is 0 Å². The van der Waals surface area contributed by atoms with Gasteiger partial charge in [-0.3, -0.25) is 4.79 Å². The number of hydrogen-bond acceptors (Lipinski definition) is 2. The molecule has 20 heavy (non-hydrogen) atoms. The van der Waals surface area contributed by atoms with E-state index in [0.29, 0.717) is 19.0 Å². The van der Waals surface area contributed by atoms with E-state index in [-0.39, 0.29) is 0 Å². The predicted molar refractivity (Wildman–Crippen MR) is 67.0 cm³/mol. The number of alkyl halides is 3. The molecule has 0 spiro atoms. The molecular weight excluding hydrogens is 271 g/mol. The number of imidazole rings is 1. The number of nitrogens with zero attached hydrogens (tertiary/aromatic N) is 3. The molecule has 2 rings (SSSR count). The van der Waals surface area contributed by atoms with E-state index >= 15 is 0 Å². The molecule has 1 saturated heterocycles. The lowest BCUT2D eigenvalue weighted by molar-refractivity contribution is -0.153. The Morgan fingerprint density at radius 1 is 1.45 bits per heavy atom. The third-order valence-electron chi connectivity index (χ3n) is 3.51. The van der Waals surface area contributed by atoms with Crippen LogP contribution in [0.15, 0.2) is 12.4 Å². The molecule has 1 aliphatic rings. The van der Waals surface area contributed by atoms with E-state index in [1.165, 1.54) is 4.90 Å². The van der Waals surface area contributed by atoms with Crippen molar-refractivity contribution in [2.24, 2.45) is 5.92 Å². The van der Waals surface area contributed by atoms with Crippen LogP contribution in [0.2, 0.25) is 0 Å². The van der Waals surface area contributed by atoms with Gasteiger partial charge in [0.1, 0.15) is 5.82 Å². The van der Waals surface area contributed by atoms with Crippen molar-refractivity contribution in [3.8, 4) is 0 Å². The lowest BCUT2D eigenvalue weighted by atomic mass is 9.99. The number of halogens is 3. The molecule has 0 aromatic carbocycles. The van der Waals surface area contributed by atoms with Gasteiger partial charge in [0.25, 0.3) is 0 Å². The summed E-state index contributed by atoms with van der Waals surface area (Å²) in [6, 6.07) is 0. The van der Waals surface area contributed by atoms with Crippen LogP contribution in [0.1, 0.15) is 25.6 Å². The second-order valence-electron chi connectivity index (χ2n) is 5.13. The van der Waals surface area contributed by atoms with Gasteiger partial charge in [-0.1, -0.05) is 6.92 Å². The predicted octanol–water partition coefficient (Wildman–Crippen LogP) is 2.25. The summed E-state index contributed by atoms with van der Waals surface area (Å²) in [6.07, 6.45) is -1.26. The highest BCUT2D eigenvalue weighted by molar-refractivity contribution is 5.77. The molecule has 0 atom stereocenters. The summed E-state index contributed by atoms with van der Waals surface area (Å²) in [5.74, 6) is 0.899. The Bertz CT molecular complexity index is 464. The maximum absolute atomic E-state index is 12.0. The van der Waals surface area contributed by atoms with Crippen molar-refractivity contribution >= 4 is 5.91 Å². The molecule has 0 bridgehead atoms. The topological polar surface area (TPSA) is 38.1 Å². The smallest absolute Gasteiger partial charge is 0.342 e. The highest BCUT2D eigenvalue weighted by Gasteiger charge is 2.34. The molecule has 1 amide bonds. The minimum absolute atomic E-state index is 0.310. The molecule has 1 aromatic rings. The van der Waals surface area contributed by atoms with Crippen LogP contribution in [0.4, 0.5) is 13.2 Å². The zero-order valence-electron chi connectivity index (χ0n) is 11.4. The van der Waals surface area contributed by atoms with Crippen LogP contribution in [-0.4, -0.2) is 39.6 Å². The Balaban J connectivity index is 1.73. The van der Waals surface area contributed by atoms with Gasteiger partial charge in [0, 0.05) is 50.8 Å². The first-order valence-corrected chi connectivity index (χ1v) is 6.73. The number of aryl methyl sites for hydroxylation is 1. The highest BCUT2D eigenvalue weighted by atomic mass is 19.4. The molecule has 0 saturated carbocycles. The monoisotopic (exact) mass is 289 g/mol. The van der Waals surface area contributed by atoms with Gasteiger partial charge in [-0.05, 0) is 0 Å². The van der Waals surface area contributed by atoms with E-state index in [9.17, 15) is 18.0 Å². The molecule has 7 heteroatoms. The summed E-state index contributed by atoms with van der Waals surface area (Å²) < 4.78 is 38.1. The quantitative estimate of drug-likeness (QED) is 0.834. The van der Waals surface area contributed by atoms with Gasteiger partial charge < -0.3 is 9.47 Å². The fourth-order valence-corrected chi connectivity index (χ4v) is 2.39. The molecule has 112 valence electrons. The Morgan fingerprint density at radius 3 is 2.75 bits per heavy atom. The van der Waals surface area contributed by atoms with E-state index in [1.54, 1.807) is 6.20 Å². The lowest BCUT2D eigenvalue weighted by Crippen LogP contribution is -2.51. The summed E-state index contributed by atoms with van der Waals surface area (Å²) in [6.45, 7) is 3.87. The van der Waals surface area contributed by atoms with Crippen LogP contribution in [-0.2, 0) is 17.8 Å². The Hall–Kier alpha value is -1.53. The second kappa shape index (κ2) is 5.85. The van der Waals surface area contributed by atoms with Crippen LogP contribution in [0, 0.1) is 5.92 Å². The number of hydrogen-bond donors (Lipinski definition) is 0. The Kier molecular flexibility index (Phi) is 4.35. The maximum atomic E-state index is 12.0. The summed E-state index contributed by atoms with van der Waals surface area (Å²) in [5.41, 5.74) is 0. The van der Waals surface area contributed by atoms with Gasteiger partial charge in [0.05, 0.1) is 6.42 Å². The van der Waals surface area contributed by atoms with Gasteiger partial charge in [0.2, 0.25) is 5.91 Å². The van der Waals surface area contributed by atoms with Crippen LogP contribution < -0.4 is 0 Å². The normalized spacial score (nSPS) is 16.3. The SMILES string of the molecule is CCc1nccn1CC1CN(C(=O)CCC(F)(F)F)C1. The molecule has 1 aromatic heterocycles. The molecule has 0 aliphatic carbocycles. The van der Waals surface area contributed by atoms with Gasteiger partial charge in [0.15, 0.2) is 0 Å². The molecule has 0 unspecified atom stereocenters. The van der Waals surface area contributed by atoms with Crippen LogP contribution in [0.5, 0.6) is 0 Å². The van der Waals surface area contributed by atoms with Gasteiger partial charge >= 0.3 is 6.18 Å². The van der Waals surface area contributed by atoms with Crippen molar-refractivity contribution in [2.75, 3.05) is 13.1 Å². The number of rotatable bonds is 5. The van der Waals surface area contributed by atoms with E-state index in [1.807, 2.05) is 17.7 Å². The number of amides is 1. The van der Waals surface area contributed by atoms with Crippen LogP contribution in [0.25, 0.3) is 0 Å². The summed E-state index contributed by atoms with van der Waals surface area (Å²) in [4.78, 5) is 17.3. The van der Waals surface area contributed by atoms with Crippen LogP contribution in [0.3, 0.4) is 0 Å². The molecular formula is C13H18F3N3O. The van der Waals surface area contributed by atoms with Gasteiger partial charge in [-0.25, -0.2) is 4.98 Å². The first-order chi connectivity index (χ1) is 9.39. The number of carbonyl (C=O) groups excluding carboxylic acids is 1. The maximum Gasteiger partial charge on any atom is 0.389 e. The summed E-state index contributed by atoms with van der Waals surface area (Å²) in [5, 5.41) is 0. The van der Waals surface area contributed by atoms with Crippen molar-refractivity contribution in [3.05, 3.63) is 18.2 Å². The van der Waals surface area contributed by atoms with E-state index in [2.05, 4.69) is 4.98 Å². The second-order valence-corrected chi connectivity index (χ2v) is 5.13. The Morgan fingerprint density at radius 2 is 2.15 bits per heavy atom. The molecule has 1 fully saturated rings. The van der Waals surface area contributed by atoms with E-state index < -0.39 is 24.9 Å². The standard InChI is InChI=1S/C13H18F3N3O/c1-2-11-17-5-6-18(11)7-10-8-19(9-10)12(20)3-4-13(14,15)16/h5-6,10H,2-4,7-9H2,1H3. The fourth-order valence-electron chi connectivity index (χ4n) is 2.39. The Labute approximate surface area is 115 Å².